The molecule has 2 aromatic rings. The van der Waals surface area contributed by atoms with Gasteiger partial charge in [0.05, 0.1) is 5.52 Å². The molecule has 0 aliphatic carbocycles. The molecule has 0 unspecified atom stereocenters. The Morgan fingerprint density at radius 1 is 1.30 bits per heavy atom. The largest absolute Gasteiger partial charge is 0.365 e. The lowest BCUT2D eigenvalue weighted by atomic mass is 10.3. The van der Waals surface area contributed by atoms with Gasteiger partial charge in [0.15, 0.2) is 0 Å². The van der Waals surface area contributed by atoms with Crippen LogP contribution in [0.15, 0.2) is 24.5 Å². The maximum absolute atomic E-state index is 4.30. The second kappa shape index (κ2) is 1.84. The number of aryl methyl sites for hydroxylation is 1. The van der Waals surface area contributed by atoms with Crippen LogP contribution in [-0.4, -0.2) is 9.97 Å². The molecule has 0 spiro atoms. The van der Waals surface area contributed by atoms with E-state index in [0.717, 1.165) is 11.2 Å². The molecule has 2 nitrogen and oxygen atoms in total. The van der Waals surface area contributed by atoms with E-state index in [4.69, 9.17) is 0 Å². The van der Waals surface area contributed by atoms with Crippen molar-refractivity contribution in [1.82, 2.24) is 9.97 Å². The van der Waals surface area contributed by atoms with Crippen molar-refractivity contribution in [2.75, 3.05) is 0 Å². The molecule has 0 saturated heterocycles. The topological polar surface area (TPSA) is 28.7 Å². The van der Waals surface area contributed by atoms with E-state index in [0.29, 0.717) is 0 Å². The van der Waals surface area contributed by atoms with Crippen LogP contribution < -0.4 is 0 Å². The molecule has 50 valence electrons. The molecule has 10 heavy (non-hydrogen) atoms. The molecule has 0 saturated carbocycles. The third-order valence-corrected chi connectivity index (χ3v) is 1.56. The minimum Gasteiger partial charge on any atom is -0.365 e. The van der Waals surface area contributed by atoms with Crippen LogP contribution in [0.1, 0.15) is 5.69 Å². The summed E-state index contributed by atoms with van der Waals surface area (Å²) < 4.78 is 0. The molecule has 0 aliphatic heterocycles. The first-order chi connectivity index (χ1) is 4.86. The minimum absolute atomic E-state index is 1.04. The average molecular weight is 132 g/mol. The number of nitrogens with one attached hydrogen (secondary N) is 1. The number of hydrogen-bond acceptors (Lipinski definition) is 1. The van der Waals surface area contributed by atoms with Crippen molar-refractivity contribution in [3.63, 3.8) is 0 Å². The lowest BCUT2D eigenvalue weighted by Gasteiger charge is -1.89. The Bertz CT molecular complexity index is 349. The molecule has 0 aromatic carbocycles. The summed E-state index contributed by atoms with van der Waals surface area (Å²) >= 11 is 0. The molecule has 2 aromatic heterocycles. The fourth-order valence-electron chi connectivity index (χ4n) is 1.04. The van der Waals surface area contributed by atoms with Gasteiger partial charge in [0.25, 0.3) is 0 Å². The molecule has 0 amide bonds. The molecule has 2 heterocycles. The summed E-state index contributed by atoms with van der Waals surface area (Å²) in [4.78, 5) is 7.31. The number of pyridine rings is 1. The van der Waals surface area contributed by atoms with Crippen molar-refractivity contribution in [3.8, 4) is 0 Å². The van der Waals surface area contributed by atoms with Gasteiger partial charge in [0.1, 0.15) is 0 Å². The number of rotatable bonds is 0. The smallest absolute Gasteiger partial charge is 0.0879 e. The van der Waals surface area contributed by atoms with E-state index in [1.54, 1.807) is 0 Å². The summed E-state index contributed by atoms with van der Waals surface area (Å²) in [5, 5.41) is 1.17. The SMILES string of the molecule is Cc1ccc2c[nH]cc2n1. The molecule has 0 atom stereocenters. The number of H-pyrrole nitrogens is 1. The molecule has 2 heteroatoms. The number of aromatic nitrogens is 2. The number of nitrogens with zero attached hydrogens (tertiary/aromatic N) is 1. The van der Waals surface area contributed by atoms with E-state index < -0.39 is 0 Å². The molecular weight excluding hydrogens is 124 g/mol. The third kappa shape index (κ3) is 0.692. The molecule has 0 bridgehead atoms. The van der Waals surface area contributed by atoms with E-state index >= 15 is 0 Å². The summed E-state index contributed by atoms with van der Waals surface area (Å²) in [6.07, 6.45) is 3.85. The van der Waals surface area contributed by atoms with Gasteiger partial charge in [0, 0.05) is 23.5 Å². The minimum atomic E-state index is 1.04. The van der Waals surface area contributed by atoms with Gasteiger partial charge in [-0.15, -0.1) is 0 Å². The molecule has 1 N–H and O–H groups in total. The molecular formula is C8H8N2. The number of fused-ring (bicyclic) bond motifs is 1. The van der Waals surface area contributed by atoms with Crippen LogP contribution in [0.2, 0.25) is 0 Å². The molecule has 0 radical (unpaired) electrons. The van der Waals surface area contributed by atoms with Crippen LogP contribution >= 0.6 is 0 Å². The van der Waals surface area contributed by atoms with Crippen LogP contribution in [0.3, 0.4) is 0 Å². The Labute approximate surface area is 58.9 Å². The van der Waals surface area contributed by atoms with Crippen LogP contribution in [0, 0.1) is 6.92 Å². The van der Waals surface area contributed by atoms with Crippen molar-refractivity contribution < 1.29 is 0 Å². The zero-order valence-corrected chi connectivity index (χ0v) is 5.76. The van der Waals surface area contributed by atoms with Gasteiger partial charge in [-0.3, -0.25) is 4.98 Å². The van der Waals surface area contributed by atoms with Gasteiger partial charge in [-0.2, -0.15) is 0 Å². The summed E-state index contributed by atoms with van der Waals surface area (Å²) in [7, 11) is 0. The highest BCUT2D eigenvalue weighted by molar-refractivity contribution is 5.77. The maximum atomic E-state index is 4.30. The zero-order chi connectivity index (χ0) is 6.97. The van der Waals surface area contributed by atoms with Crippen molar-refractivity contribution in [2.45, 2.75) is 6.92 Å². The van der Waals surface area contributed by atoms with Crippen molar-refractivity contribution in [2.24, 2.45) is 0 Å². The maximum Gasteiger partial charge on any atom is 0.0879 e. The summed E-state index contributed by atoms with van der Waals surface area (Å²) in [6.45, 7) is 1.99. The Morgan fingerprint density at radius 3 is 3.10 bits per heavy atom. The van der Waals surface area contributed by atoms with E-state index in [1.165, 1.54) is 5.39 Å². The fraction of sp³-hybridized carbons (Fsp3) is 0.125. The Hall–Kier alpha value is -1.31. The van der Waals surface area contributed by atoms with Gasteiger partial charge >= 0.3 is 0 Å². The lowest BCUT2D eigenvalue weighted by Crippen LogP contribution is -1.77. The highest BCUT2D eigenvalue weighted by atomic mass is 14.7. The predicted octanol–water partition coefficient (Wildman–Crippen LogP) is 1.87. The number of hydrogen-bond donors (Lipinski definition) is 1. The Morgan fingerprint density at radius 2 is 2.20 bits per heavy atom. The quantitative estimate of drug-likeness (QED) is 0.582. The first-order valence-corrected chi connectivity index (χ1v) is 3.26. The van der Waals surface area contributed by atoms with Crippen molar-refractivity contribution in [1.29, 1.82) is 0 Å². The summed E-state index contributed by atoms with van der Waals surface area (Å²) in [5.74, 6) is 0. The standard InChI is InChI=1S/C8H8N2/c1-6-2-3-7-4-9-5-8(7)10-6/h2-5,9H,1H3. The highest BCUT2D eigenvalue weighted by Gasteiger charge is 1.92. The first kappa shape index (κ1) is 5.47. The van der Waals surface area contributed by atoms with E-state index in [-0.39, 0.29) is 0 Å². The Kier molecular flexibility index (Phi) is 1.01. The second-order valence-electron chi connectivity index (χ2n) is 2.38. The van der Waals surface area contributed by atoms with E-state index in [9.17, 15) is 0 Å². The van der Waals surface area contributed by atoms with Crippen molar-refractivity contribution >= 4 is 10.9 Å². The zero-order valence-electron chi connectivity index (χ0n) is 5.76. The molecule has 0 fully saturated rings. The highest BCUT2D eigenvalue weighted by Crippen LogP contribution is 2.09. The fourth-order valence-corrected chi connectivity index (χ4v) is 1.04. The van der Waals surface area contributed by atoms with Crippen LogP contribution in [0.25, 0.3) is 10.9 Å². The molecule has 2 rings (SSSR count). The van der Waals surface area contributed by atoms with Crippen LogP contribution in [0.5, 0.6) is 0 Å². The Balaban J connectivity index is 2.86. The van der Waals surface area contributed by atoms with Gasteiger partial charge in [0.2, 0.25) is 0 Å². The number of aromatic amines is 1. The second-order valence-corrected chi connectivity index (χ2v) is 2.38. The monoisotopic (exact) mass is 132 g/mol. The third-order valence-electron chi connectivity index (χ3n) is 1.56. The van der Waals surface area contributed by atoms with Crippen LogP contribution in [0.4, 0.5) is 0 Å². The first-order valence-electron chi connectivity index (χ1n) is 3.26. The summed E-state index contributed by atoms with van der Waals surface area (Å²) in [6, 6.07) is 4.07. The molecule has 0 aliphatic rings. The normalized spacial score (nSPS) is 10.5. The van der Waals surface area contributed by atoms with Gasteiger partial charge in [-0.1, -0.05) is 0 Å². The van der Waals surface area contributed by atoms with E-state index in [2.05, 4.69) is 16.0 Å². The predicted molar refractivity (Wildman–Crippen MR) is 40.8 cm³/mol. The van der Waals surface area contributed by atoms with Gasteiger partial charge in [-0.05, 0) is 19.1 Å². The van der Waals surface area contributed by atoms with Gasteiger partial charge < -0.3 is 4.98 Å². The van der Waals surface area contributed by atoms with Gasteiger partial charge in [-0.25, -0.2) is 0 Å². The summed E-state index contributed by atoms with van der Waals surface area (Å²) in [5.41, 5.74) is 2.10. The van der Waals surface area contributed by atoms with E-state index in [1.807, 2.05) is 25.4 Å². The lowest BCUT2D eigenvalue weighted by molar-refractivity contribution is 1.26. The average Bonchev–Trinajstić information content (AvgIpc) is 2.33. The van der Waals surface area contributed by atoms with Crippen LogP contribution in [-0.2, 0) is 0 Å². The van der Waals surface area contributed by atoms with Crippen molar-refractivity contribution in [3.05, 3.63) is 30.2 Å².